The van der Waals surface area contributed by atoms with Gasteiger partial charge in [-0.1, -0.05) is 23.7 Å². The second-order valence-corrected chi connectivity index (χ2v) is 5.40. The van der Waals surface area contributed by atoms with E-state index in [-0.39, 0.29) is 30.3 Å². The van der Waals surface area contributed by atoms with Gasteiger partial charge in [0.15, 0.2) is 0 Å². The SMILES string of the molecule is CC(C(=O)N1CCCC(N)C1)c1cccc(Cl)c1.Cl. The lowest BCUT2D eigenvalue weighted by Gasteiger charge is -2.32. The number of rotatable bonds is 2. The number of piperidine rings is 1. The summed E-state index contributed by atoms with van der Waals surface area (Å²) in [5.41, 5.74) is 6.88. The fourth-order valence-electron chi connectivity index (χ4n) is 2.40. The van der Waals surface area contributed by atoms with Crippen LogP contribution in [0.15, 0.2) is 24.3 Å². The molecule has 0 saturated carbocycles. The molecule has 1 aromatic carbocycles. The maximum absolute atomic E-state index is 12.4. The van der Waals surface area contributed by atoms with Crippen LogP contribution in [0.4, 0.5) is 0 Å². The Morgan fingerprint density at radius 1 is 1.53 bits per heavy atom. The van der Waals surface area contributed by atoms with Crippen LogP contribution in [0.1, 0.15) is 31.2 Å². The minimum atomic E-state index is -0.158. The summed E-state index contributed by atoms with van der Waals surface area (Å²) in [5.74, 6) is -0.0126. The minimum absolute atomic E-state index is 0. The van der Waals surface area contributed by atoms with Crippen LogP contribution in [0.5, 0.6) is 0 Å². The number of hydrogen-bond donors (Lipinski definition) is 1. The molecule has 5 heteroatoms. The lowest BCUT2D eigenvalue weighted by molar-refractivity contribution is -0.133. The smallest absolute Gasteiger partial charge is 0.229 e. The Balaban J connectivity index is 0.00000180. The van der Waals surface area contributed by atoms with E-state index in [0.29, 0.717) is 11.6 Å². The second kappa shape index (κ2) is 7.13. The van der Waals surface area contributed by atoms with E-state index in [1.54, 1.807) is 0 Å². The fraction of sp³-hybridized carbons (Fsp3) is 0.500. The van der Waals surface area contributed by atoms with Gasteiger partial charge >= 0.3 is 0 Å². The summed E-state index contributed by atoms with van der Waals surface area (Å²) in [6, 6.07) is 7.61. The van der Waals surface area contributed by atoms with Crippen molar-refractivity contribution in [2.45, 2.75) is 31.7 Å². The Labute approximate surface area is 125 Å². The van der Waals surface area contributed by atoms with Gasteiger partial charge in [0, 0.05) is 24.2 Å². The van der Waals surface area contributed by atoms with Crippen LogP contribution in [0.3, 0.4) is 0 Å². The van der Waals surface area contributed by atoms with Gasteiger partial charge in [0.05, 0.1) is 5.92 Å². The summed E-state index contributed by atoms with van der Waals surface area (Å²) in [5, 5.41) is 0.669. The number of likely N-dealkylation sites (tertiary alicyclic amines) is 1. The molecular weight excluding hydrogens is 283 g/mol. The highest BCUT2D eigenvalue weighted by atomic mass is 35.5. The molecule has 0 bridgehead atoms. The highest BCUT2D eigenvalue weighted by Gasteiger charge is 2.25. The van der Waals surface area contributed by atoms with Gasteiger partial charge in [-0.05, 0) is 37.5 Å². The van der Waals surface area contributed by atoms with Crippen LogP contribution in [-0.4, -0.2) is 29.9 Å². The van der Waals surface area contributed by atoms with E-state index in [1.165, 1.54) is 0 Å². The van der Waals surface area contributed by atoms with Crippen LogP contribution >= 0.6 is 24.0 Å². The Kier molecular flexibility index (Phi) is 6.11. The van der Waals surface area contributed by atoms with Crippen LogP contribution in [0.25, 0.3) is 0 Å². The van der Waals surface area contributed by atoms with Crippen molar-refractivity contribution >= 4 is 29.9 Å². The van der Waals surface area contributed by atoms with Gasteiger partial charge in [-0.25, -0.2) is 0 Å². The van der Waals surface area contributed by atoms with Crippen molar-refractivity contribution in [1.29, 1.82) is 0 Å². The van der Waals surface area contributed by atoms with Crippen molar-refractivity contribution in [2.75, 3.05) is 13.1 Å². The second-order valence-electron chi connectivity index (χ2n) is 4.96. The summed E-state index contributed by atoms with van der Waals surface area (Å²) in [6.07, 6.45) is 2.00. The number of halogens is 2. The average Bonchev–Trinajstić information content (AvgIpc) is 2.37. The molecule has 106 valence electrons. The first kappa shape index (κ1) is 16.3. The first-order valence-electron chi connectivity index (χ1n) is 6.38. The van der Waals surface area contributed by atoms with Crippen molar-refractivity contribution in [1.82, 2.24) is 4.90 Å². The van der Waals surface area contributed by atoms with Crippen molar-refractivity contribution in [2.24, 2.45) is 5.73 Å². The minimum Gasteiger partial charge on any atom is -0.341 e. The van der Waals surface area contributed by atoms with E-state index >= 15 is 0 Å². The van der Waals surface area contributed by atoms with Gasteiger partial charge in [0.2, 0.25) is 5.91 Å². The van der Waals surface area contributed by atoms with Gasteiger partial charge in [-0.3, -0.25) is 4.79 Å². The number of carbonyl (C=O) groups is 1. The summed E-state index contributed by atoms with van der Waals surface area (Å²) < 4.78 is 0. The molecule has 0 spiro atoms. The quantitative estimate of drug-likeness (QED) is 0.913. The molecule has 1 saturated heterocycles. The monoisotopic (exact) mass is 302 g/mol. The normalized spacial score (nSPS) is 20.6. The molecule has 1 aromatic rings. The predicted octanol–water partition coefficient (Wildman–Crippen LogP) is 2.82. The van der Waals surface area contributed by atoms with Crippen LogP contribution in [0, 0.1) is 0 Å². The molecular formula is C14H20Cl2N2O. The zero-order chi connectivity index (χ0) is 13.1. The number of nitrogens with zero attached hydrogens (tertiary/aromatic N) is 1. The Bertz CT molecular complexity index is 439. The molecule has 3 nitrogen and oxygen atoms in total. The van der Waals surface area contributed by atoms with Crippen molar-refractivity contribution in [3.05, 3.63) is 34.9 Å². The predicted molar refractivity (Wildman–Crippen MR) is 80.9 cm³/mol. The van der Waals surface area contributed by atoms with Crippen molar-refractivity contribution < 1.29 is 4.79 Å². The molecule has 2 N–H and O–H groups in total. The van der Waals surface area contributed by atoms with Crippen LogP contribution in [-0.2, 0) is 4.79 Å². The van der Waals surface area contributed by atoms with Crippen molar-refractivity contribution in [3.8, 4) is 0 Å². The largest absolute Gasteiger partial charge is 0.341 e. The van der Waals surface area contributed by atoms with Gasteiger partial charge in [-0.2, -0.15) is 0 Å². The Hall–Kier alpha value is -0.770. The molecule has 0 aromatic heterocycles. The fourth-order valence-corrected chi connectivity index (χ4v) is 2.60. The highest BCUT2D eigenvalue weighted by molar-refractivity contribution is 6.30. The third kappa shape index (κ3) is 4.10. The standard InChI is InChI=1S/C14H19ClN2O.ClH/c1-10(11-4-2-5-12(15)8-11)14(18)17-7-3-6-13(16)9-17;/h2,4-5,8,10,13H,3,6-7,9,16H2,1H3;1H. The topological polar surface area (TPSA) is 46.3 Å². The van der Waals surface area contributed by atoms with E-state index in [4.69, 9.17) is 17.3 Å². The van der Waals surface area contributed by atoms with Crippen LogP contribution in [0.2, 0.25) is 5.02 Å². The third-order valence-corrected chi connectivity index (χ3v) is 3.72. The summed E-state index contributed by atoms with van der Waals surface area (Å²) >= 11 is 5.96. The zero-order valence-corrected chi connectivity index (χ0v) is 12.6. The molecule has 2 atom stereocenters. The Morgan fingerprint density at radius 2 is 2.26 bits per heavy atom. The van der Waals surface area contributed by atoms with E-state index < -0.39 is 0 Å². The summed E-state index contributed by atoms with van der Waals surface area (Å²) in [7, 11) is 0. The van der Waals surface area contributed by atoms with Gasteiger partial charge in [0.1, 0.15) is 0 Å². The number of amides is 1. The van der Waals surface area contributed by atoms with Gasteiger partial charge in [-0.15, -0.1) is 12.4 Å². The van der Waals surface area contributed by atoms with E-state index in [1.807, 2.05) is 36.1 Å². The average molecular weight is 303 g/mol. The number of hydrogen-bond acceptors (Lipinski definition) is 2. The molecule has 1 aliphatic heterocycles. The molecule has 1 fully saturated rings. The molecule has 1 amide bonds. The van der Waals surface area contributed by atoms with E-state index in [2.05, 4.69) is 0 Å². The first-order valence-corrected chi connectivity index (χ1v) is 6.75. The number of carbonyl (C=O) groups excluding carboxylic acids is 1. The first-order chi connectivity index (χ1) is 8.58. The van der Waals surface area contributed by atoms with E-state index in [0.717, 1.165) is 24.9 Å². The number of nitrogens with two attached hydrogens (primary N) is 1. The Morgan fingerprint density at radius 3 is 2.89 bits per heavy atom. The third-order valence-electron chi connectivity index (χ3n) is 3.49. The van der Waals surface area contributed by atoms with Crippen LogP contribution < -0.4 is 5.73 Å². The molecule has 19 heavy (non-hydrogen) atoms. The maximum atomic E-state index is 12.4. The maximum Gasteiger partial charge on any atom is 0.229 e. The molecule has 2 rings (SSSR count). The molecule has 0 aliphatic carbocycles. The molecule has 1 aliphatic rings. The zero-order valence-electron chi connectivity index (χ0n) is 11.0. The highest BCUT2D eigenvalue weighted by Crippen LogP contribution is 2.22. The molecule has 2 unspecified atom stereocenters. The molecule has 0 radical (unpaired) electrons. The summed E-state index contributed by atoms with van der Waals surface area (Å²) in [6.45, 7) is 3.41. The lowest BCUT2D eigenvalue weighted by Crippen LogP contribution is -2.47. The van der Waals surface area contributed by atoms with E-state index in [9.17, 15) is 4.79 Å². The summed E-state index contributed by atoms with van der Waals surface area (Å²) in [4.78, 5) is 14.3. The number of benzene rings is 1. The molecule has 1 heterocycles. The van der Waals surface area contributed by atoms with Gasteiger partial charge in [0.25, 0.3) is 0 Å². The van der Waals surface area contributed by atoms with Crippen molar-refractivity contribution in [3.63, 3.8) is 0 Å². The lowest BCUT2D eigenvalue weighted by atomic mass is 9.97. The van der Waals surface area contributed by atoms with Gasteiger partial charge < -0.3 is 10.6 Å².